The smallest absolute Gasteiger partial charge is 0.116 e. The SMILES string of the molecule is CCCO/N=C\c1cccc(C)n1. The Morgan fingerprint density at radius 1 is 1.54 bits per heavy atom. The summed E-state index contributed by atoms with van der Waals surface area (Å²) >= 11 is 0. The van der Waals surface area contributed by atoms with E-state index in [1.807, 2.05) is 32.0 Å². The van der Waals surface area contributed by atoms with Crippen molar-refractivity contribution in [1.29, 1.82) is 0 Å². The minimum atomic E-state index is 0.655. The summed E-state index contributed by atoms with van der Waals surface area (Å²) in [5.41, 5.74) is 1.82. The van der Waals surface area contributed by atoms with Gasteiger partial charge < -0.3 is 4.84 Å². The molecule has 70 valence electrons. The highest BCUT2D eigenvalue weighted by Gasteiger charge is 1.89. The molecule has 1 aromatic heterocycles. The van der Waals surface area contributed by atoms with Gasteiger partial charge in [0.05, 0.1) is 11.9 Å². The number of nitrogens with zero attached hydrogens (tertiary/aromatic N) is 2. The Bertz CT molecular complexity index is 284. The molecule has 0 saturated heterocycles. The Morgan fingerprint density at radius 3 is 3.08 bits per heavy atom. The summed E-state index contributed by atoms with van der Waals surface area (Å²) in [5, 5.41) is 3.78. The summed E-state index contributed by atoms with van der Waals surface area (Å²) in [6.07, 6.45) is 2.60. The molecule has 3 heteroatoms. The van der Waals surface area contributed by atoms with Crippen LogP contribution in [0.2, 0.25) is 0 Å². The molecule has 13 heavy (non-hydrogen) atoms. The first-order valence-corrected chi connectivity index (χ1v) is 4.42. The maximum absolute atomic E-state index is 4.96. The van der Waals surface area contributed by atoms with E-state index in [-0.39, 0.29) is 0 Å². The van der Waals surface area contributed by atoms with Gasteiger partial charge in [0.25, 0.3) is 0 Å². The minimum Gasteiger partial charge on any atom is -0.396 e. The highest BCUT2D eigenvalue weighted by Crippen LogP contribution is 1.95. The fourth-order valence-corrected chi connectivity index (χ4v) is 0.871. The standard InChI is InChI=1S/C10H14N2O/c1-3-7-13-11-8-10-6-4-5-9(2)12-10/h4-6,8H,3,7H2,1-2H3/b11-8-. The van der Waals surface area contributed by atoms with Crippen LogP contribution in [0.5, 0.6) is 0 Å². The quantitative estimate of drug-likeness (QED) is 0.402. The normalized spacial score (nSPS) is 10.6. The number of rotatable bonds is 4. The lowest BCUT2D eigenvalue weighted by atomic mass is 10.3. The van der Waals surface area contributed by atoms with Crippen molar-refractivity contribution in [2.24, 2.45) is 5.16 Å². The zero-order valence-corrected chi connectivity index (χ0v) is 8.03. The van der Waals surface area contributed by atoms with Crippen LogP contribution in [-0.2, 0) is 4.84 Å². The Labute approximate surface area is 78.4 Å². The van der Waals surface area contributed by atoms with Crippen LogP contribution in [0.25, 0.3) is 0 Å². The molecule has 0 bridgehead atoms. The molecule has 0 fully saturated rings. The molecule has 0 N–H and O–H groups in total. The molecule has 1 rings (SSSR count). The maximum atomic E-state index is 4.96. The van der Waals surface area contributed by atoms with E-state index in [1.54, 1.807) is 6.21 Å². The summed E-state index contributed by atoms with van der Waals surface area (Å²) < 4.78 is 0. The van der Waals surface area contributed by atoms with Crippen molar-refractivity contribution in [2.45, 2.75) is 20.3 Å². The number of hydrogen-bond donors (Lipinski definition) is 0. The van der Waals surface area contributed by atoms with Gasteiger partial charge in [0.2, 0.25) is 0 Å². The molecule has 0 aliphatic heterocycles. The van der Waals surface area contributed by atoms with Crippen molar-refractivity contribution in [3.05, 3.63) is 29.6 Å². The largest absolute Gasteiger partial charge is 0.396 e. The maximum Gasteiger partial charge on any atom is 0.116 e. The molecule has 1 aromatic rings. The van der Waals surface area contributed by atoms with Crippen LogP contribution in [0, 0.1) is 6.92 Å². The number of aryl methyl sites for hydroxylation is 1. The van der Waals surface area contributed by atoms with Crippen LogP contribution >= 0.6 is 0 Å². The highest BCUT2D eigenvalue weighted by atomic mass is 16.6. The second-order valence-corrected chi connectivity index (χ2v) is 2.77. The summed E-state index contributed by atoms with van der Waals surface area (Å²) in [6, 6.07) is 5.79. The van der Waals surface area contributed by atoms with Crippen molar-refractivity contribution >= 4 is 6.21 Å². The van der Waals surface area contributed by atoms with Gasteiger partial charge in [-0.05, 0) is 25.5 Å². The molecule has 0 radical (unpaired) electrons. The van der Waals surface area contributed by atoms with Crippen molar-refractivity contribution in [3.8, 4) is 0 Å². The van der Waals surface area contributed by atoms with E-state index >= 15 is 0 Å². The molecular formula is C10H14N2O. The Morgan fingerprint density at radius 2 is 2.38 bits per heavy atom. The van der Waals surface area contributed by atoms with E-state index in [2.05, 4.69) is 10.1 Å². The molecule has 3 nitrogen and oxygen atoms in total. The fourth-order valence-electron chi connectivity index (χ4n) is 0.871. The van der Waals surface area contributed by atoms with Gasteiger partial charge in [0, 0.05) is 5.69 Å². The van der Waals surface area contributed by atoms with Crippen LogP contribution in [0.3, 0.4) is 0 Å². The van der Waals surface area contributed by atoms with Gasteiger partial charge in [-0.15, -0.1) is 0 Å². The van der Waals surface area contributed by atoms with Gasteiger partial charge in [-0.3, -0.25) is 4.98 Å². The van der Waals surface area contributed by atoms with Gasteiger partial charge in [-0.25, -0.2) is 0 Å². The number of oxime groups is 1. The van der Waals surface area contributed by atoms with E-state index in [0.717, 1.165) is 17.8 Å². The van der Waals surface area contributed by atoms with Crippen LogP contribution in [0.15, 0.2) is 23.4 Å². The molecule has 0 spiro atoms. The van der Waals surface area contributed by atoms with Crippen LogP contribution in [-0.4, -0.2) is 17.8 Å². The topological polar surface area (TPSA) is 34.5 Å². The average Bonchev–Trinajstić information content (AvgIpc) is 2.13. The second kappa shape index (κ2) is 5.30. The predicted molar refractivity (Wildman–Crippen MR) is 52.8 cm³/mol. The summed E-state index contributed by atoms with van der Waals surface area (Å²) in [6.45, 7) is 4.65. The third-order valence-corrected chi connectivity index (χ3v) is 1.46. The molecule has 0 amide bonds. The number of pyridine rings is 1. The lowest BCUT2D eigenvalue weighted by molar-refractivity contribution is 0.146. The predicted octanol–water partition coefficient (Wildman–Crippen LogP) is 2.15. The van der Waals surface area contributed by atoms with Gasteiger partial charge in [-0.2, -0.15) is 0 Å². The van der Waals surface area contributed by atoms with Crippen molar-refractivity contribution < 1.29 is 4.84 Å². The summed E-state index contributed by atoms with van der Waals surface area (Å²) in [5.74, 6) is 0. The van der Waals surface area contributed by atoms with Crippen LogP contribution in [0.1, 0.15) is 24.7 Å². The van der Waals surface area contributed by atoms with Crippen molar-refractivity contribution in [1.82, 2.24) is 4.98 Å². The molecule has 0 aliphatic carbocycles. The average molecular weight is 178 g/mol. The number of aromatic nitrogens is 1. The number of hydrogen-bond acceptors (Lipinski definition) is 3. The van der Waals surface area contributed by atoms with Gasteiger partial charge in [-0.1, -0.05) is 18.1 Å². The van der Waals surface area contributed by atoms with E-state index in [9.17, 15) is 0 Å². The van der Waals surface area contributed by atoms with Crippen molar-refractivity contribution in [2.75, 3.05) is 6.61 Å². The zero-order valence-electron chi connectivity index (χ0n) is 8.03. The molecule has 0 saturated carbocycles. The Balaban J connectivity index is 2.48. The summed E-state index contributed by atoms with van der Waals surface area (Å²) in [7, 11) is 0. The molecule has 0 unspecified atom stereocenters. The second-order valence-electron chi connectivity index (χ2n) is 2.77. The van der Waals surface area contributed by atoms with E-state index in [1.165, 1.54) is 0 Å². The van der Waals surface area contributed by atoms with Gasteiger partial charge >= 0.3 is 0 Å². The van der Waals surface area contributed by atoms with Crippen molar-refractivity contribution in [3.63, 3.8) is 0 Å². The minimum absolute atomic E-state index is 0.655. The molecule has 1 heterocycles. The lowest BCUT2D eigenvalue weighted by Gasteiger charge is -1.95. The lowest BCUT2D eigenvalue weighted by Crippen LogP contribution is -1.91. The fraction of sp³-hybridized carbons (Fsp3) is 0.400. The first kappa shape index (κ1) is 9.71. The van der Waals surface area contributed by atoms with Gasteiger partial charge in [0.1, 0.15) is 6.61 Å². The molecular weight excluding hydrogens is 164 g/mol. The third-order valence-electron chi connectivity index (χ3n) is 1.46. The summed E-state index contributed by atoms with van der Waals surface area (Å²) in [4.78, 5) is 9.20. The van der Waals surface area contributed by atoms with E-state index in [4.69, 9.17) is 4.84 Å². The molecule has 0 aromatic carbocycles. The van der Waals surface area contributed by atoms with E-state index in [0.29, 0.717) is 6.61 Å². The molecule has 0 aliphatic rings. The third kappa shape index (κ3) is 3.69. The van der Waals surface area contributed by atoms with Gasteiger partial charge in [0.15, 0.2) is 0 Å². The first-order valence-electron chi connectivity index (χ1n) is 4.42. The Hall–Kier alpha value is -1.38. The monoisotopic (exact) mass is 178 g/mol. The van der Waals surface area contributed by atoms with Crippen LogP contribution in [0.4, 0.5) is 0 Å². The van der Waals surface area contributed by atoms with Crippen LogP contribution < -0.4 is 0 Å². The zero-order chi connectivity index (χ0) is 9.52. The Kier molecular flexibility index (Phi) is 3.96. The molecule has 0 atom stereocenters. The highest BCUT2D eigenvalue weighted by molar-refractivity contribution is 5.76. The first-order chi connectivity index (χ1) is 6.33. The van der Waals surface area contributed by atoms with E-state index < -0.39 is 0 Å².